The van der Waals surface area contributed by atoms with E-state index in [0.717, 1.165) is 37.3 Å². The predicted molar refractivity (Wildman–Crippen MR) is 109 cm³/mol. The molecule has 1 heterocycles. The number of hydrogen-bond acceptors (Lipinski definition) is 3. The van der Waals surface area contributed by atoms with E-state index < -0.39 is 0 Å². The molecule has 2 aromatic rings. The van der Waals surface area contributed by atoms with Gasteiger partial charge in [0.05, 0.1) is 6.54 Å². The fourth-order valence-electron chi connectivity index (χ4n) is 3.41. The SMILES string of the molecule is CN(CC(=O)N1CCNCC1)CC(c1ccc(F)cc1)c1ccc(F)cc1.Cl. The van der Waals surface area contributed by atoms with Gasteiger partial charge < -0.3 is 10.2 Å². The highest BCUT2D eigenvalue weighted by Gasteiger charge is 2.21. The molecular formula is C21H26ClF2N3O. The van der Waals surface area contributed by atoms with Crippen molar-refractivity contribution in [2.75, 3.05) is 46.3 Å². The number of rotatable bonds is 6. The molecule has 1 fully saturated rings. The van der Waals surface area contributed by atoms with Crippen molar-refractivity contribution in [1.29, 1.82) is 0 Å². The van der Waals surface area contributed by atoms with Gasteiger partial charge in [0.1, 0.15) is 11.6 Å². The molecule has 0 bridgehead atoms. The van der Waals surface area contributed by atoms with Crippen LogP contribution in [0.15, 0.2) is 48.5 Å². The molecule has 4 nitrogen and oxygen atoms in total. The van der Waals surface area contributed by atoms with Crippen molar-refractivity contribution in [1.82, 2.24) is 15.1 Å². The summed E-state index contributed by atoms with van der Waals surface area (Å²) in [6.07, 6.45) is 0. The summed E-state index contributed by atoms with van der Waals surface area (Å²) in [5, 5.41) is 3.24. The molecule has 0 radical (unpaired) electrons. The molecule has 0 aliphatic carbocycles. The first-order valence-electron chi connectivity index (χ1n) is 9.21. The number of halogens is 3. The zero-order chi connectivity index (χ0) is 19.2. The van der Waals surface area contributed by atoms with Crippen LogP contribution in [0.2, 0.25) is 0 Å². The van der Waals surface area contributed by atoms with Gasteiger partial charge in [0, 0.05) is 38.6 Å². The molecule has 1 amide bonds. The number of hydrogen-bond donors (Lipinski definition) is 1. The average Bonchev–Trinajstić information content (AvgIpc) is 2.68. The molecular weight excluding hydrogens is 384 g/mol. The highest BCUT2D eigenvalue weighted by atomic mass is 35.5. The number of nitrogens with zero attached hydrogens (tertiary/aromatic N) is 2. The van der Waals surface area contributed by atoms with Crippen molar-refractivity contribution in [3.63, 3.8) is 0 Å². The van der Waals surface area contributed by atoms with Gasteiger partial charge in [0.15, 0.2) is 0 Å². The van der Waals surface area contributed by atoms with Gasteiger partial charge in [-0.05, 0) is 42.4 Å². The number of nitrogens with one attached hydrogen (secondary N) is 1. The van der Waals surface area contributed by atoms with Gasteiger partial charge in [0.25, 0.3) is 0 Å². The summed E-state index contributed by atoms with van der Waals surface area (Å²) in [7, 11) is 1.90. The number of carbonyl (C=O) groups is 1. The topological polar surface area (TPSA) is 35.6 Å². The highest BCUT2D eigenvalue weighted by molar-refractivity contribution is 5.85. The van der Waals surface area contributed by atoms with Gasteiger partial charge in [-0.2, -0.15) is 0 Å². The summed E-state index contributed by atoms with van der Waals surface area (Å²) < 4.78 is 26.7. The largest absolute Gasteiger partial charge is 0.339 e. The van der Waals surface area contributed by atoms with Crippen molar-refractivity contribution in [3.05, 3.63) is 71.3 Å². The van der Waals surface area contributed by atoms with E-state index in [1.165, 1.54) is 24.3 Å². The Bertz CT molecular complexity index is 704. The Labute approximate surface area is 170 Å². The number of benzene rings is 2. The van der Waals surface area contributed by atoms with E-state index >= 15 is 0 Å². The Morgan fingerprint density at radius 1 is 1.00 bits per heavy atom. The Kier molecular flexibility index (Phi) is 8.35. The van der Waals surface area contributed by atoms with Crippen molar-refractivity contribution in [2.45, 2.75) is 5.92 Å². The van der Waals surface area contributed by atoms with E-state index in [2.05, 4.69) is 5.32 Å². The Balaban J connectivity index is 0.00000280. The maximum absolute atomic E-state index is 13.3. The molecule has 0 atom stereocenters. The van der Waals surface area contributed by atoms with E-state index in [9.17, 15) is 13.6 Å². The Morgan fingerprint density at radius 3 is 1.93 bits per heavy atom. The first-order valence-corrected chi connectivity index (χ1v) is 9.21. The standard InChI is InChI=1S/C21H25F2N3O.ClH/c1-25(15-21(27)26-12-10-24-11-13-26)14-20(16-2-6-18(22)7-3-16)17-4-8-19(23)9-5-17;/h2-9,20,24H,10-15H2,1H3;1H. The molecule has 0 aromatic heterocycles. The van der Waals surface area contributed by atoms with Crippen LogP contribution in [-0.4, -0.2) is 62.0 Å². The first-order chi connectivity index (χ1) is 13.0. The summed E-state index contributed by atoms with van der Waals surface area (Å²) in [5.74, 6) is -0.555. The van der Waals surface area contributed by atoms with E-state index in [0.29, 0.717) is 13.1 Å². The van der Waals surface area contributed by atoms with Gasteiger partial charge in [-0.1, -0.05) is 24.3 Å². The van der Waals surface area contributed by atoms with E-state index in [-0.39, 0.29) is 35.9 Å². The van der Waals surface area contributed by atoms with Gasteiger partial charge in [-0.15, -0.1) is 12.4 Å². The lowest BCUT2D eigenvalue weighted by Crippen LogP contribution is -2.49. The molecule has 1 saturated heterocycles. The van der Waals surface area contributed by atoms with Crippen LogP contribution in [-0.2, 0) is 4.79 Å². The second-order valence-corrected chi connectivity index (χ2v) is 6.98. The van der Waals surface area contributed by atoms with Crippen LogP contribution in [0.3, 0.4) is 0 Å². The lowest BCUT2D eigenvalue weighted by molar-refractivity contribution is -0.132. The minimum atomic E-state index is -0.293. The van der Waals surface area contributed by atoms with Crippen LogP contribution in [0.4, 0.5) is 8.78 Å². The lowest BCUT2D eigenvalue weighted by atomic mass is 9.90. The highest BCUT2D eigenvalue weighted by Crippen LogP contribution is 2.26. The number of likely N-dealkylation sites (N-methyl/N-ethyl adjacent to an activating group) is 1. The van der Waals surface area contributed by atoms with Gasteiger partial charge >= 0.3 is 0 Å². The number of carbonyl (C=O) groups excluding carboxylic acids is 1. The van der Waals surface area contributed by atoms with Crippen LogP contribution in [0, 0.1) is 11.6 Å². The van der Waals surface area contributed by atoms with Gasteiger partial charge in [-0.25, -0.2) is 8.78 Å². The van der Waals surface area contributed by atoms with Crippen molar-refractivity contribution < 1.29 is 13.6 Å². The van der Waals surface area contributed by atoms with Crippen LogP contribution in [0.1, 0.15) is 17.0 Å². The molecule has 28 heavy (non-hydrogen) atoms. The van der Waals surface area contributed by atoms with Gasteiger partial charge in [-0.3, -0.25) is 9.69 Å². The third-order valence-electron chi connectivity index (χ3n) is 4.91. The summed E-state index contributed by atoms with van der Waals surface area (Å²) in [6.45, 7) is 4.00. The van der Waals surface area contributed by atoms with Gasteiger partial charge in [0.2, 0.25) is 5.91 Å². The maximum atomic E-state index is 13.3. The second-order valence-electron chi connectivity index (χ2n) is 6.98. The molecule has 0 spiro atoms. The third kappa shape index (κ3) is 5.99. The molecule has 1 N–H and O–H groups in total. The average molecular weight is 410 g/mol. The monoisotopic (exact) mass is 409 g/mol. The van der Waals surface area contributed by atoms with Crippen LogP contribution in [0.25, 0.3) is 0 Å². The Hall–Kier alpha value is -2.02. The zero-order valence-corrected chi connectivity index (χ0v) is 16.7. The van der Waals surface area contributed by atoms with Crippen molar-refractivity contribution in [3.8, 4) is 0 Å². The summed E-state index contributed by atoms with van der Waals surface area (Å²) >= 11 is 0. The second kappa shape index (κ2) is 10.5. The normalized spacial score (nSPS) is 14.2. The molecule has 2 aromatic carbocycles. The quantitative estimate of drug-likeness (QED) is 0.796. The fraction of sp³-hybridized carbons (Fsp3) is 0.381. The zero-order valence-electron chi connectivity index (χ0n) is 15.9. The van der Waals surface area contributed by atoms with Crippen LogP contribution >= 0.6 is 12.4 Å². The molecule has 0 unspecified atom stereocenters. The maximum Gasteiger partial charge on any atom is 0.236 e. The number of amides is 1. The molecule has 152 valence electrons. The molecule has 3 rings (SSSR count). The number of piperazine rings is 1. The first kappa shape index (κ1) is 22.3. The summed E-state index contributed by atoms with van der Waals surface area (Å²) in [6, 6.07) is 12.7. The van der Waals surface area contributed by atoms with Crippen LogP contribution in [0.5, 0.6) is 0 Å². The lowest BCUT2D eigenvalue weighted by Gasteiger charge is -2.30. The van der Waals surface area contributed by atoms with E-state index in [4.69, 9.17) is 0 Å². The van der Waals surface area contributed by atoms with Crippen LogP contribution < -0.4 is 5.32 Å². The molecule has 1 aliphatic heterocycles. The minimum Gasteiger partial charge on any atom is -0.339 e. The van der Waals surface area contributed by atoms with E-state index in [1.54, 1.807) is 24.3 Å². The van der Waals surface area contributed by atoms with E-state index in [1.807, 2.05) is 16.8 Å². The summed E-state index contributed by atoms with van der Waals surface area (Å²) in [5.41, 5.74) is 1.87. The van der Waals surface area contributed by atoms with Crippen molar-refractivity contribution >= 4 is 18.3 Å². The Morgan fingerprint density at radius 2 is 1.46 bits per heavy atom. The smallest absolute Gasteiger partial charge is 0.236 e. The molecule has 0 saturated carbocycles. The van der Waals surface area contributed by atoms with Crippen molar-refractivity contribution in [2.24, 2.45) is 0 Å². The predicted octanol–water partition coefficient (Wildman–Crippen LogP) is 2.88. The molecule has 1 aliphatic rings. The third-order valence-corrected chi connectivity index (χ3v) is 4.91. The molecule has 7 heteroatoms. The fourth-order valence-corrected chi connectivity index (χ4v) is 3.41. The summed E-state index contributed by atoms with van der Waals surface area (Å²) in [4.78, 5) is 16.4. The minimum absolute atomic E-state index is 0.